The van der Waals surface area contributed by atoms with Gasteiger partial charge in [0.25, 0.3) is 11.1 Å². The maximum Gasteiger partial charge on any atom is 0.337 e. The lowest BCUT2D eigenvalue weighted by Crippen LogP contribution is -2.27. The summed E-state index contributed by atoms with van der Waals surface area (Å²) in [6, 6.07) is 13.3. The van der Waals surface area contributed by atoms with Gasteiger partial charge in [0.1, 0.15) is 5.75 Å². The zero-order valence-corrected chi connectivity index (χ0v) is 14.9. The van der Waals surface area contributed by atoms with Crippen molar-refractivity contribution < 1.29 is 23.9 Å². The predicted octanol–water partition coefficient (Wildman–Crippen LogP) is 3.72. The summed E-state index contributed by atoms with van der Waals surface area (Å²) in [7, 11) is 2.86. The number of rotatable bonds is 4. The molecule has 0 aromatic heterocycles. The van der Waals surface area contributed by atoms with E-state index in [2.05, 4.69) is 4.74 Å². The van der Waals surface area contributed by atoms with E-state index in [1.54, 1.807) is 61.7 Å². The third kappa shape index (κ3) is 3.48. The second-order valence-electron chi connectivity index (χ2n) is 5.33. The van der Waals surface area contributed by atoms with E-state index in [4.69, 9.17) is 4.74 Å². The van der Waals surface area contributed by atoms with E-state index >= 15 is 0 Å². The van der Waals surface area contributed by atoms with Crippen LogP contribution in [0, 0.1) is 0 Å². The molecule has 2 amide bonds. The molecule has 0 aliphatic carbocycles. The van der Waals surface area contributed by atoms with E-state index in [-0.39, 0.29) is 11.1 Å². The number of ether oxygens (including phenoxy) is 2. The monoisotopic (exact) mass is 369 g/mol. The van der Waals surface area contributed by atoms with E-state index in [0.29, 0.717) is 27.5 Å². The Morgan fingerprint density at radius 3 is 2.23 bits per heavy atom. The molecule has 1 aliphatic heterocycles. The zero-order valence-electron chi connectivity index (χ0n) is 14.1. The molecule has 26 heavy (non-hydrogen) atoms. The molecule has 1 fully saturated rings. The standard InChI is InChI=1S/C19H15NO5S/c1-24-15-9-7-14(8-10-15)20-17(21)16(26-19(20)23)11-12-3-5-13(6-4-12)18(22)25-2/h3-11H,1-2H3/b16-11-. The Morgan fingerprint density at radius 2 is 1.65 bits per heavy atom. The Labute approximate surface area is 154 Å². The van der Waals surface area contributed by atoms with E-state index in [0.717, 1.165) is 16.7 Å². The van der Waals surface area contributed by atoms with Crippen LogP contribution in [0.25, 0.3) is 6.08 Å². The molecule has 2 aromatic carbocycles. The van der Waals surface area contributed by atoms with E-state index in [1.807, 2.05) is 0 Å². The molecule has 6 nitrogen and oxygen atoms in total. The van der Waals surface area contributed by atoms with Crippen molar-refractivity contribution >= 4 is 40.6 Å². The summed E-state index contributed by atoms with van der Waals surface area (Å²) >= 11 is 0.872. The summed E-state index contributed by atoms with van der Waals surface area (Å²) in [5.41, 5.74) is 1.60. The van der Waals surface area contributed by atoms with Crippen molar-refractivity contribution in [2.45, 2.75) is 0 Å². The van der Waals surface area contributed by atoms with Gasteiger partial charge >= 0.3 is 5.97 Å². The first kappa shape index (κ1) is 17.8. The third-order valence-electron chi connectivity index (χ3n) is 3.75. The van der Waals surface area contributed by atoms with E-state index in [9.17, 15) is 14.4 Å². The third-order valence-corrected chi connectivity index (χ3v) is 4.62. The van der Waals surface area contributed by atoms with Crippen molar-refractivity contribution in [1.29, 1.82) is 0 Å². The van der Waals surface area contributed by atoms with Crippen LogP contribution in [0.4, 0.5) is 10.5 Å². The minimum atomic E-state index is -0.434. The smallest absolute Gasteiger partial charge is 0.337 e. The molecule has 1 saturated heterocycles. The normalized spacial score (nSPS) is 15.5. The van der Waals surface area contributed by atoms with Gasteiger partial charge < -0.3 is 9.47 Å². The summed E-state index contributed by atoms with van der Waals surface area (Å²) in [5, 5.41) is -0.363. The van der Waals surface area contributed by atoms with Crippen molar-refractivity contribution in [3.8, 4) is 5.75 Å². The first-order valence-corrected chi connectivity index (χ1v) is 8.45. The summed E-state index contributed by atoms with van der Waals surface area (Å²) < 4.78 is 9.73. The van der Waals surface area contributed by atoms with Gasteiger partial charge in [-0.25, -0.2) is 9.69 Å². The molecule has 3 rings (SSSR count). The number of hydrogen-bond donors (Lipinski definition) is 0. The van der Waals surface area contributed by atoms with Gasteiger partial charge in [-0.1, -0.05) is 12.1 Å². The molecule has 0 radical (unpaired) electrons. The molecular formula is C19H15NO5S. The average molecular weight is 369 g/mol. The Balaban J connectivity index is 1.83. The lowest BCUT2D eigenvalue weighted by atomic mass is 10.1. The quantitative estimate of drug-likeness (QED) is 0.604. The maximum atomic E-state index is 12.6. The Kier molecular flexibility index (Phi) is 5.09. The molecule has 0 N–H and O–H groups in total. The van der Waals surface area contributed by atoms with Crippen molar-refractivity contribution in [2.24, 2.45) is 0 Å². The van der Waals surface area contributed by atoms with E-state index < -0.39 is 5.97 Å². The summed E-state index contributed by atoms with van der Waals surface area (Å²) in [5.74, 6) is -0.180. The fourth-order valence-electron chi connectivity index (χ4n) is 2.41. The van der Waals surface area contributed by atoms with Crippen LogP contribution in [0.15, 0.2) is 53.4 Å². The Morgan fingerprint density at radius 1 is 1.00 bits per heavy atom. The SMILES string of the molecule is COC(=O)c1ccc(/C=C2\SC(=O)N(c3ccc(OC)cc3)C2=O)cc1. The minimum absolute atomic E-state index is 0.316. The van der Waals surface area contributed by atoms with Gasteiger partial charge in [0, 0.05) is 0 Å². The number of hydrogen-bond acceptors (Lipinski definition) is 6. The maximum absolute atomic E-state index is 12.6. The van der Waals surface area contributed by atoms with Crippen LogP contribution >= 0.6 is 11.8 Å². The predicted molar refractivity (Wildman–Crippen MR) is 99.2 cm³/mol. The summed E-state index contributed by atoms with van der Waals surface area (Å²) in [4.78, 5) is 37.8. The second kappa shape index (κ2) is 7.45. The number of anilines is 1. The molecule has 132 valence electrons. The van der Waals surface area contributed by atoms with Crippen LogP contribution < -0.4 is 9.64 Å². The number of amides is 2. The van der Waals surface area contributed by atoms with Crippen LogP contribution in [-0.4, -0.2) is 31.3 Å². The molecule has 0 unspecified atom stereocenters. The summed E-state index contributed by atoms with van der Waals surface area (Å²) in [6.07, 6.45) is 1.62. The number of methoxy groups -OCH3 is 2. The first-order valence-electron chi connectivity index (χ1n) is 7.64. The van der Waals surface area contributed by atoms with Gasteiger partial charge in [-0.2, -0.15) is 0 Å². The number of carbonyl (C=O) groups is 3. The van der Waals surface area contributed by atoms with Crippen LogP contribution in [0.1, 0.15) is 15.9 Å². The van der Waals surface area contributed by atoms with E-state index in [1.165, 1.54) is 7.11 Å². The number of nitrogens with zero attached hydrogens (tertiary/aromatic N) is 1. The lowest BCUT2D eigenvalue weighted by Gasteiger charge is -2.12. The van der Waals surface area contributed by atoms with Crippen molar-refractivity contribution in [1.82, 2.24) is 0 Å². The largest absolute Gasteiger partial charge is 0.497 e. The van der Waals surface area contributed by atoms with Crippen molar-refractivity contribution in [3.05, 3.63) is 64.6 Å². The highest BCUT2D eigenvalue weighted by atomic mass is 32.2. The highest BCUT2D eigenvalue weighted by Gasteiger charge is 2.36. The first-order chi connectivity index (χ1) is 12.5. The molecule has 0 saturated carbocycles. The number of thioether (sulfide) groups is 1. The lowest BCUT2D eigenvalue weighted by molar-refractivity contribution is -0.113. The van der Waals surface area contributed by atoms with Crippen LogP contribution in [-0.2, 0) is 9.53 Å². The highest BCUT2D eigenvalue weighted by molar-refractivity contribution is 8.19. The van der Waals surface area contributed by atoms with Crippen molar-refractivity contribution in [2.75, 3.05) is 19.1 Å². The number of benzene rings is 2. The number of carbonyl (C=O) groups excluding carboxylic acids is 3. The van der Waals surface area contributed by atoms with Crippen LogP contribution in [0.5, 0.6) is 5.75 Å². The van der Waals surface area contributed by atoms with Gasteiger partial charge in [-0.05, 0) is 59.8 Å². The molecule has 0 bridgehead atoms. The fourth-order valence-corrected chi connectivity index (χ4v) is 3.25. The minimum Gasteiger partial charge on any atom is -0.497 e. The molecule has 1 heterocycles. The van der Waals surface area contributed by atoms with Crippen LogP contribution in [0.3, 0.4) is 0 Å². The van der Waals surface area contributed by atoms with Crippen LogP contribution in [0.2, 0.25) is 0 Å². The van der Waals surface area contributed by atoms with Gasteiger partial charge in [-0.3, -0.25) is 9.59 Å². The highest BCUT2D eigenvalue weighted by Crippen LogP contribution is 2.36. The molecule has 0 atom stereocenters. The van der Waals surface area contributed by atoms with Gasteiger partial charge in [-0.15, -0.1) is 0 Å². The molecule has 7 heteroatoms. The number of imide groups is 1. The summed E-state index contributed by atoms with van der Waals surface area (Å²) in [6.45, 7) is 0. The Bertz CT molecular complexity index is 887. The zero-order chi connectivity index (χ0) is 18.7. The molecular weight excluding hydrogens is 354 g/mol. The fraction of sp³-hybridized carbons (Fsp3) is 0.105. The molecule has 0 spiro atoms. The van der Waals surface area contributed by atoms with Gasteiger partial charge in [0.15, 0.2) is 0 Å². The van der Waals surface area contributed by atoms with Gasteiger partial charge in [0.2, 0.25) is 0 Å². The number of esters is 1. The molecule has 1 aliphatic rings. The second-order valence-corrected chi connectivity index (χ2v) is 6.32. The Hall–Kier alpha value is -3.06. The van der Waals surface area contributed by atoms with Crippen molar-refractivity contribution in [3.63, 3.8) is 0 Å². The van der Waals surface area contributed by atoms with Gasteiger partial charge in [0.05, 0.1) is 30.4 Å². The molecule has 2 aromatic rings. The topological polar surface area (TPSA) is 72.9 Å². The average Bonchev–Trinajstić information content (AvgIpc) is 2.95.